The molecule has 0 spiro atoms. The van der Waals surface area contributed by atoms with Crippen molar-refractivity contribution in [2.24, 2.45) is 7.05 Å². The highest BCUT2D eigenvalue weighted by molar-refractivity contribution is 5.96. The molecule has 25 heavy (non-hydrogen) atoms. The summed E-state index contributed by atoms with van der Waals surface area (Å²) in [7, 11) is 1.83. The van der Waals surface area contributed by atoms with Crippen LogP contribution in [0.3, 0.4) is 0 Å². The normalized spacial score (nSPS) is 13.8. The summed E-state index contributed by atoms with van der Waals surface area (Å²) in [4.78, 5) is 26.3. The molecule has 0 saturated carbocycles. The molecule has 7 heteroatoms. The quantitative estimate of drug-likeness (QED) is 0.895. The zero-order valence-electron chi connectivity index (χ0n) is 14.6. The highest BCUT2D eigenvalue weighted by Crippen LogP contribution is 2.19. The van der Waals surface area contributed by atoms with Crippen molar-refractivity contribution in [1.29, 1.82) is 0 Å². The molecule has 0 atom stereocenters. The van der Waals surface area contributed by atoms with E-state index in [1.807, 2.05) is 31.1 Å². The topological polar surface area (TPSA) is 79.3 Å². The van der Waals surface area contributed by atoms with Crippen LogP contribution in [0.4, 0.5) is 10.5 Å². The van der Waals surface area contributed by atoms with Crippen molar-refractivity contribution in [3.8, 4) is 0 Å². The first-order valence-corrected chi connectivity index (χ1v) is 8.45. The molecule has 3 rings (SSSR count). The van der Waals surface area contributed by atoms with Gasteiger partial charge in [-0.05, 0) is 43.5 Å². The smallest absolute Gasteiger partial charge is 0.319 e. The van der Waals surface area contributed by atoms with Crippen molar-refractivity contribution >= 4 is 17.6 Å². The molecule has 2 N–H and O–H groups in total. The molecule has 1 aliphatic heterocycles. The van der Waals surface area contributed by atoms with E-state index in [1.165, 1.54) is 0 Å². The SMILES string of the molecule is Cc1cc(C(=O)N2CCCC2)ccc1NC(=O)NCc1cnn(C)c1. The third-order valence-corrected chi connectivity index (χ3v) is 4.33. The molecule has 1 saturated heterocycles. The predicted octanol–water partition coefficient (Wildman–Crippen LogP) is 2.29. The van der Waals surface area contributed by atoms with Gasteiger partial charge >= 0.3 is 6.03 Å². The second-order valence-corrected chi connectivity index (χ2v) is 6.36. The number of hydrogen-bond acceptors (Lipinski definition) is 3. The number of benzene rings is 1. The monoisotopic (exact) mass is 341 g/mol. The third-order valence-electron chi connectivity index (χ3n) is 4.33. The van der Waals surface area contributed by atoms with E-state index in [2.05, 4.69) is 15.7 Å². The van der Waals surface area contributed by atoms with E-state index < -0.39 is 0 Å². The van der Waals surface area contributed by atoms with E-state index in [9.17, 15) is 9.59 Å². The molecule has 2 heterocycles. The molecule has 0 unspecified atom stereocenters. The summed E-state index contributed by atoms with van der Waals surface area (Å²) in [6.07, 6.45) is 5.71. The average molecular weight is 341 g/mol. The fourth-order valence-corrected chi connectivity index (χ4v) is 2.95. The van der Waals surface area contributed by atoms with Crippen LogP contribution < -0.4 is 10.6 Å². The summed E-state index contributed by atoms with van der Waals surface area (Å²) < 4.78 is 1.69. The van der Waals surface area contributed by atoms with Crippen LogP contribution in [-0.2, 0) is 13.6 Å². The third kappa shape index (κ3) is 4.17. The van der Waals surface area contributed by atoms with Gasteiger partial charge < -0.3 is 15.5 Å². The van der Waals surface area contributed by atoms with Crippen LogP contribution in [0.5, 0.6) is 0 Å². The first-order chi connectivity index (χ1) is 12.0. The number of hydrogen-bond donors (Lipinski definition) is 2. The Balaban J connectivity index is 1.58. The van der Waals surface area contributed by atoms with Crippen LogP contribution in [-0.4, -0.2) is 39.7 Å². The molecule has 7 nitrogen and oxygen atoms in total. The Hall–Kier alpha value is -2.83. The fourth-order valence-electron chi connectivity index (χ4n) is 2.95. The number of carbonyl (C=O) groups is 2. The summed E-state index contributed by atoms with van der Waals surface area (Å²) in [6, 6.07) is 5.09. The Bertz CT molecular complexity index is 778. The lowest BCUT2D eigenvalue weighted by atomic mass is 10.1. The van der Waals surface area contributed by atoms with Crippen LogP contribution in [0.2, 0.25) is 0 Å². The molecule has 1 aromatic carbocycles. The van der Waals surface area contributed by atoms with Gasteiger partial charge in [0.1, 0.15) is 0 Å². The van der Waals surface area contributed by atoms with Gasteiger partial charge in [-0.25, -0.2) is 4.79 Å². The minimum absolute atomic E-state index is 0.0631. The zero-order valence-corrected chi connectivity index (χ0v) is 14.6. The Morgan fingerprint density at radius 2 is 2.00 bits per heavy atom. The lowest BCUT2D eigenvalue weighted by Crippen LogP contribution is -2.29. The first kappa shape index (κ1) is 17.0. The number of likely N-dealkylation sites (tertiary alicyclic amines) is 1. The van der Waals surface area contributed by atoms with Crippen molar-refractivity contribution in [1.82, 2.24) is 20.0 Å². The highest BCUT2D eigenvalue weighted by atomic mass is 16.2. The van der Waals surface area contributed by atoms with E-state index in [0.717, 1.165) is 37.1 Å². The largest absolute Gasteiger partial charge is 0.339 e. The Morgan fingerprint density at radius 3 is 2.64 bits per heavy atom. The number of aryl methyl sites for hydroxylation is 2. The van der Waals surface area contributed by atoms with E-state index in [1.54, 1.807) is 23.0 Å². The second-order valence-electron chi connectivity index (χ2n) is 6.36. The molecule has 1 fully saturated rings. The van der Waals surface area contributed by atoms with Gasteiger partial charge in [0, 0.05) is 49.7 Å². The first-order valence-electron chi connectivity index (χ1n) is 8.45. The molecule has 1 aliphatic rings. The summed E-state index contributed by atoms with van der Waals surface area (Å²) in [5, 5.41) is 9.67. The van der Waals surface area contributed by atoms with Gasteiger partial charge in [-0.3, -0.25) is 9.48 Å². The van der Waals surface area contributed by atoms with Crippen molar-refractivity contribution in [3.63, 3.8) is 0 Å². The van der Waals surface area contributed by atoms with Gasteiger partial charge in [0.25, 0.3) is 5.91 Å². The number of urea groups is 1. The van der Waals surface area contributed by atoms with Gasteiger partial charge in [-0.2, -0.15) is 5.10 Å². The summed E-state index contributed by atoms with van der Waals surface area (Å²) in [6.45, 7) is 3.95. The van der Waals surface area contributed by atoms with Crippen LogP contribution in [0.25, 0.3) is 0 Å². The lowest BCUT2D eigenvalue weighted by molar-refractivity contribution is 0.0792. The number of nitrogens with one attached hydrogen (secondary N) is 2. The molecular formula is C18H23N5O2. The number of amides is 3. The Kier molecular flexibility index (Phi) is 5.02. The molecule has 3 amide bonds. The number of aromatic nitrogens is 2. The molecule has 2 aromatic rings. The molecule has 1 aromatic heterocycles. The van der Waals surface area contributed by atoms with E-state index in [-0.39, 0.29) is 11.9 Å². The van der Waals surface area contributed by atoms with E-state index in [4.69, 9.17) is 0 Å². The van der Waals surface area contributed by atoms with Crippen molar-refractivity contribution in [2.75, 3.05) is 18.4 Å². The second kappa shape index (κ2) is 7.38. The molecule has 0 radical (unpaired) electrons. The maximum atomic E-state index is 12.4. The van der Waals surface area contributed by atoms with E-state index >= 15 is 0 Å². The van der Waals surface area contributed by atoms with Crippen molar-refractivity contribution in [2.45, 2.75) is 26.3 Å². The van der Waals surface area contributed by atoms with E-state index in [0.29, 0.717) is 17.8 Å². The fraction of sp³-hybridized carbons (Fsp3) is 0.389. The highest BCUT2D eigenvalue weighted by Gasteiger charge is 2.20. The number of nitrogens with zero attached hydrogens (tertiary/aromatic N) is 3. The average Bonchev–Trinajstić information content (AvgIpc) is 3.26. The molecule has 0 aliphatic carbocycles. The van der Waals surface area contributed by atoms with Gasteiger partial charge in [0.15, 0.2) is 0 Å². The minimum atomic E-state index is -0.287. The Labute approximate surface area is 147 Å². The van der Waals surface area contributed by atoms with Gasteiger partial charge in [0.2, 0.25) is 0 Å². The summed E-state index contributed by atoms with van der Waals surface area (Å²) in [5.74, 6) is 0.0631. The number of carbonyl (C=O) groups excluding carboxylic acids is 2. The molecule has 0 bridgehead atoms. The van der Waals surface area contributed by atoms with Gasteiger partial charge in [-0.15, -0.1) is 0 Å². The molecular weight excluding hydrogens is 318 g/mol. The summed E-state index contributed by atoms with van der Waals surface area (Å²) in [5.41, 5.74) is 3.16. The van der Waals surface area contributed by atoms with Crippen molar-refractivity contribution < 1.29 is 9.59 Å². The van der Waals surface area contributed by atoms with Crippen LogP contribution in [0, 0.1) is 6.92 Å². The van der Waals surface area contributed by atoms with Crippen LogP contribution >= 0.6 is 0 Å². The van der Waals surface area contributed by atoms with Gasteiger partial charge in [-0.1, -0.05) is 0 Å². The number of anilines is 1. The minimum Gasteiger partial charge on any atom is -0.339 e. The maximum absolute atomic E-state index is 12.4. The standard InChI is InChI=1S/C18H23N5O2/c1-13-9-15(17(24)23-7-3-4-8-23)5-6-16(13)21-18(25)19-10-14-11-20-22(2)12-14/h5-6,9,11-12H,3-4,7-8,10H2,1-2H3,(H2,19,21,25). The summed E-state index contributed by atoms with van der Waals surface area (Å²) >= 11 is 0. The van der Waals surface area contributed by atoms with Crippen LogP contribution in [0.15, 0.2) is 30.6 Å². The predicted molar refractivity (Wildman–Crippen MR) is 95.4 cm³/mol. The molecule has 132 valence electrons. The Morgan fingerprint density at radius 1 is 1.24 bits per heavy atom. The van der Waals surface area contributed by atoms with Crippen LogP contribution in [0.1, 0.15) is 34.3 Å². The zero-order chi connectivity index (χ0) is 17.8. The lowest BCUT2D eigenvalue weighted by Gasteiger charge is -2.16. The van der Waals surface area contributed by atoms with Gasteiger partial charge in [0.05, 0.1) is 6.20 Å². The van der Waals surface area contributed by atoms with Crippen molar-refractivity contribution in [3.05, 3.63) is 47.3 Å². The maximum Gasteiger partial charge on any atom is 0.319 e. The number of rotatable bonds is 4.